The molecular formula is C64H43NO. The van der Waals surface area contributed by atoms with Crippen LogP contribution in [-0.4, -0.2) is 0 Å². The van der Waals surface area contributed by atoms with Gasteiger partial charge in [-0.3, -0.25) is 0 Å². The molecule has 0 spiro atoms. The van der Waals surface area contributed by atoms with Crippen molar-refractivity contribution >= 4 is 49.8 Å². The standard InChI is InChI=1S/C64H43NO/c1-5-18-44(19-6-1)50-34-39-53(58(42-50)47-24-11-4-12-25-47)49-32-37-52(38-33-49)65(59-30-16-15-27-54(59)45-20-7-2-8-21-45)60-31-17-29-55(46-22-9-3-10-23-46)63(60)51-35-40-57-62(43-51)66-61-41-36-48-26-13-14-28-56(48)64(57)61/h1-43H. The molecule has 0 radical (unpaired) electrons. The molecule has 0 N–H and O–H groups in total. The second-order valence-corrected chi connectivity index (χ2v) is 16.8. The van der Waals surface area contributed by atoms with Gasteiger partial charge in [0.25, 0.3) is 0 Å². The summed E-state index contributed by atoms with van der Waals surface area (Å²) >= 11 is 0. The van der Waals surface area contributed by atoms with Gasteiger partial charge >= 0.3 is 0 Å². The third-order valence-electron chi connectivity index (χ3n) is 12.9. The second kappa shape index (κ2) is 16.8. The van der Waals surface area contributed by atoms with Crippen molar-refractivity contribution in [2.24, 2.45) is 0 Å². The van der Waals surface area contributed by atoms with Gasteiger partial charge in [-0.05, 0) is 115 Å². The Labute approximate surface area is 384 Å². The van der Waals surface area contributed by atoms with E-state index in [1.807, 2.05) is 0 Å². The van der Waals surface area contributed by atoms with Gasteiger partial charge in [0, 0.05) is 27.6 Å². The molecular weight excluding hydrogens is 799 g/mol. The van der Waals surface area contributed by atoms with E-state index in [2.05, 4.69) is 266 Å². The first kappa shape index (κ1) is 38.9. The number of furan rings is 1. The first-order chi connectivity index (χ1) is 32.7. The fourth-order valence-corrected chi connectivity index (χ4v) is 9.78. The lowest BCUT2D eigenvalue weighted by molar-refractivity contribution is 0.669. The van der Waals surface area contributed by atoms with E-state index < -0.39 is 0 Å². The summed E-state index contributed by atoms with van der Waals surface area (Å²) in [5.41, 5.74) is 18.8. The maximum Gasteiger partial charge on any atom is 0.136 e. The van der Waals surface area contributed by atoms with Crippen LogP contribution in [-0.2, 0) is 0 Å². The Morgan fingerprint density at radius 2 is 0.818 bits per heavy atom. The molecule has 0 amide bonds. The summed E-state index contributed by atoms with van der Waals surface area (Å²) in [5.74, 6) is 0. The zero-order valence-electron chi connectivity index (χ0n) is 36.2. The van der Waals surface area contributed by atoms with Crippen LogP contribution in [0.4, 0.5) is 17.1 Å². The molecule has 0 aliphatic heterocycles. The average Bonchev–Trinajstić information content (AvgIpc) is 3.79. The maximum atomic E-state index is 6.73. The molecule has 0 bridgehead atoms. The molecule has 11 aromatic carbocycles. The molecule has 310 valence electrons. The van der Waals surface area contributed by atoms with Crippen molar-refractivity contribution in [3.8, 4) is 66.8 Å². The predicted octanol–water partition coefficient (Wildman–Crippen LogP) is 18.2. The number of hydrogen-bond acceptors (Lipinski definition) is 2. The van der Waals surface area contributed by atoms with E-state index in [-0.39, 0.29) is 0 Å². The van der Waals surface area contributed by atoms with Crippen molar-refractivity contribution < 1.29 is 4.42 Å². The lowest BCUT2D eigenvalue weighted by Crippen LogP contribution is -2.13. The highest BCUT2D eigenvalue weighted by Gasteiger charge is 2.24. The highest BCUT2D eigenvalue weighted by molar-refractivity contribution is 6.19. The quantitative estimate of drug-likeness (QED) is 0.144. The van der Waals surface area contributed by atoms with Gasteiger partial charge in [0.2, 0.25) is 0 Å². The van der Waals surface area contributed by atoms with E-state index >= 15 is 0 Å². The molecule has 0 saturated heterocycles. The van der Waals surface area contributed by atoms with Gasteiger partial charge in [-0.15, -0.1) is 0 Å². The summed E-state index contributed by atoms with van der Waals surface area (Å²) in [5, 5.41) is 4.66. The molecule has 1 heterocycles. The Morgan fingerprint density at radius 3 is 1.55 bits per heavy atom. The van der Waals surface area contributed by atoms with Gasteiger partial charge < -0.3 is 9.32 Å². The summed E-state index contributed by atoms with van der Waals surface area (Å²) < 4.78 is 6.73. The first-order valence-corrected chi connectivity index (χ1v) is 22.6. The molecule has 12 rings (SSSR count). The highest BCUT2D eigenvalue weighted by Crippen LogP contribution is 2.49. The number of anilines is 3. The van der Waals surface area contributed by atoms with Crippen molar-refractivity contribution in [1.82, 2.24) is 0 Å². The van der Waals surface area contributed by atoms with Crippen LogP contribution in [0.5, 0.6) is 0 Å². The minimum absolute atomic E-state index is 0.862. The number of nitrogens with zero attached hydrogens (tertiary/aromatic N) is 1. The fraction of sp³-hybridized carbons (Fsp3) is 0. The van der Waals surface area contributed by atoms with Crippen LogP contribution in [0.25, 0.3) is 99.5 Å². The average molecular weight is 842 g/mol. The van der Waals surface area contributed by atoms with Gasteiger partial charge in [-0.1, -0.05) is 212 Å². The number of fused-ring (bicyclic) bond motifs is 5. The lowest BCUT2D eigenvalue weighted by atomic mass is 9.90. The molecule has 66 heavy (non-hydrogen) atoms. The van der Waals surface area contributed by atoms with Crippen LogP contribution in [0.3, 0.4) is 0 Å². The normalized spacial score (nSPS) is 11.3. The smallest absolute Gasteiger partial charge is 0.136 e. The Bertz CT molecular complexity index is 3670. The Morgan fingerprint density at radius 1 is 0.273 bits per heavy atom. The molecule has 0 aliphatic rings. The minimum atomic E-state index is 0.862. The van der Waals surface area contributed by atoms with Crippen molar-refractivity contribution in [3.05, 3.63) is 261 Å². The molecule has 12 aromatic rings. The lowest BCUT2D eigenvalue weighted by Gasteiger charge is -2.31. The second-order valence-electron chi connectivity index (χ2n) is 16.8. The molecule has 1 aromatic heterocycles. The Hall–Kier alpha value is -8.72. The number of para-hydroxylation sites is 1. The van der Waals surface area contributed by atoms with Crippen LogP contribution in [0.2, 0.25) is 0 Å². The fourth-order valence-electron chi connectivity index (χ4n) is 9.78. The largest absolute Gasteiger partial charge is 0.456 e. The molecule has 2 heteroatoms. The Kier molecular flexibility index (Phi) is 9.89. The van der Waals surface area contributed by atoms with E-state index in [9.17, 15) is 0 Å². The van der Waals surface area contributed by atoms with Gasteiger partial charge in [0.15, 0.2) is 0 Å². The van der Waals surface area contributed by atoms with Crippen LogP contribution in [0.1, 0.15) is 0 Å². The summed E-state index contributed by atoms with van der Waals surface area (Å²) in [6.07, 6.45) is 0. The van der Waals surface area contributed by atoms with Crippen LogP contribution >= 0.6 is 0 Å². The van der Waals surface area contributed by atoms with E-state index in [1.54, 1.807) is 0 Å². The van der Waals surface area contributed by atoms with Gasteiger partial charge in [0.1, 0.15) is 11.2 Å². The van der Waals surface area contributed by atoms with Gasteiger partial charge in [-0.25, -0.2) is 0 Å². The van der Waals surface area contributed by atoms with Crippen LogP contribution in [0.15, 0.2) is 265 Å². The van der Waals surface area contributed by atoms with Crippen molar-refractivity contribution in [3.63, 3.8) is 0 Å². The third kappa shape index (κ3) is 7.02. The highest BCUT2D eigenvalue weighted by atomic mass is 16.3. The van der Waals surface area contributed by atoms with E-state index in [1.165, 1.54) is 38.6 Å². The molecule has 0 aliphatic carbocycles. The summed E-state index contributed by atoms with van der Waals surface area (Å²) in [4.78, 5) is 2.45. The molecule has 2 nitrogen and oxygen atoms in total. The van der Waals surface area contributed by atoms with Crippen molar-refractivity contribution in [1.29, 1.82) is 0 Å². The number of rotatable bonds is 9. The molecule has 0 fully saturated rings. The van der Waals surface area contributed by atoms with Gasteiger partial charge in [0.05, 0.1) is 11.4 Å². The predicted molar refractivity (Wildman–Crippen MR) is 279 cm³/mol. The maximum absolute atomic E-state index is 6.73. The number of benzene rings is 11. The minimum Gasteiger partial charge on any atom is -0.456 e. The number of hydrogen-bond donors (Lipinski definition) is 0. The summed E-state index contributed by atoms with van der Waals surface area (Å²) in [7, 11) is 0. The molecule has 0 unspecified atom stereocenters. The van der Waals surface area contributed by atoms with Crippen LogP contribution < -0.4 is 4.90 Å². The molecule has 0 saturated carbocycles. The van der Waals surface area contributed by atoms with Crippen LogP contribution in [0, 0.1) is 0 Å². The van der Waals surface area contributed by atoms with E-state index in [4.69, 9.17) is 4.42 Å². The Balaban J connectivity index is 1.07. The first-order valence-electron chi connectivity index (χ1n) is 22.6. The van der Waals surface area contributed by atoms with Crippen molar-refractivity contribution in [2.45, 2.75) is 0 Å². The summed E-state index contributed by atoms with van der Waals surface area (Å²) in [6.45, 7) is 0. The monoisotopic (exact) mass is 841 g/mol. The topological polar surface area (TPSA) is 16.4 Å². The van der Waals surface area contributed by atoms with Crippen molar-refractivity contribution in [2.75, 3.05) is 4.90 Å². The zero-order valence-corrected chi connectivity index (χ0v) is 36.2. The van der Waals surface area contributed by atoms with Gasteiger partial charge in [-0.2, -0.15) is 0 Å². The molecule has 0 atom stereocenters. The third-order valence-corrected chi connectivity index (χ3v) is 12.9. The SMILES string of the molecule is c1ccc(-c2ccc(-c3ccc(N(c4ccccc4-c4ccccc4)c4cccc(-c5ccccc5)c4-c4ccc5c(c4)oc4ccc6ccccc6c45)cc3)c(-c3ccccc3)c2)cc1. The zero-order chi connectivity index (χ0) is 43.8. The summed E-state index contributed by atoms with van der Waals surface area (Å²) in [6, 6.07) is 93.9. The van der Waals surface area contributed by atoms with E-state index in [0.29, 0.717) is 0 Å². The van der Waals surface area contributed by atoms with E-state index in [0.717, 1.165) is 77.9 Å².